The second-order valence-corrected chi connectivity index (χ2v) is 11.1. The number of pyridine rings is 2. The van der Waals surface area contributed by atoms with E-state index in [1.165, 1.54) is 33.2 Å². The van der Waals surface area contributed by atoms with Crippen molar-refractivity contribution in [1.82, 2.24) is 0 Å². The van der Waals surface area contributed by atoms with E-state index in [1.54, 1.807) is 0 Å². The first-order valence-corrected chi connectivity index (χ1v) is 12.8. The zero-order chi connectivity index (χ0) is 25.3. The third-order valence-corrected chi connectivity index (χ3v) is 8.61. The number of aromatic nitrogens is 2. The molecule has 0 bridgehead atoms. The average Bonchev–Trinajstić information content (AvgIpc) is 3.44. The predicted molar refractivity (Wildman–Crippen MR) is 141 cm³/mol. The average molecular weight is 483 g/mol. The lowest BCUT2D eigenvalue weighted by atomic mass is 9.80. The number of rotatable bonds is 0. The van der Waals surface area contributed by atoms with E-state index in [0.717, 1.165) is 27.9 Å². The lowest BCUT2D eigenvalue weighted by Crippen LogP contribution is -2.72. The number of carbonyl (C=O) groups is 1. The van der Waals surface area contributed by atoms with Crippen LogP contribution in [0.15, 0.2) is 85.1 Å². The molecule has 4 nitrogen and oxygen atoms in total. The van der Waals surface area contributed by atoms with Crippen molar-refractivity contribution >= 4 is 16.9 Å². The molecule has 3 aromatic carbocycles. The van der Waals surface area contributed by atoms with Crippen molar-refractivity contribution in [1.29, 1.82) is 0 Å². The van der Waals surface area contributed by atoms with E-state index in [1.807, 2.05) is 29.0 Å². The van der Waals surface area contributed by atoms with Crippen LogP contribution in [0.1, 0.15) is 52.2 Å². The minimum Gasteiger partial charge on any atom is -0.331 e. The molecule has 0 fully saturated rings. The summed E-state index contributed by atoms with van der Waals surface area (Å²) < 4.78 is 10.9. The number of nitrogens with zero attached hydrogens (tertiary/aromatic N) is 2. The second kappa shape index (κ2) is 6.51. The van der Waals surface area contributed by atoms with Gasteiger partial charge in [0.15, 0.2) is 11.8 Å². The van der Waals surface area contributed by atoms with Crippen molar-refractivity contribution in [2.45, 2.75) is 39.0 Å². The van der Waals surface area contributed by atoms with E-state index in [4.69, 9.17) is 4.74 Å². The first-order valence-electron chi connectivity index (χ1n) is 12.8. The van der Waals surface area contributed by atoms with E-state index in [-0.39, 0.29) is 11.4 Å². The van der Waals surface area contributed by atoms with Gasteiger partial charge in [0.1, 0.15) is 0 Å². The monoisotopic (exact) mass is 482 g/mol. The maximum Gasteiger partial charge on any atom is 0.558 e. The predicted octanol–water partition coefficient (Wildman–Crippen LogP) is 5.70. The molecule has 2 aromatic heterocycles. The van der Waals surface area contributed by atoms with Crippen LogP contribution in [0.3, 0.4) is 0 Å². The van der Waals surface area contributed by atoms with Crippen molar-refractivity contribution in [2.75, 3.05) is 0 Å². The van der Waals surface area contributed by atoms with Crippen molar-refractivity contribution in [3.63, 3.8) is 0 Å². The van der Waals surface area contributed by atoms with E-state index in [0.29, 0.717) is 5.69 Å². The van der Waals surface area contributed by atoms with Crippen LogP contribution in [0.4, 0.5) is 0 Å². The molecule has 3 aliphatic rings. The molecule has 1 spiro atoms. The van der Waals surface area contributed by atoms with Crippen molar-refractivity contribution in [2.24, 2.45) is 0 Å². The Balaban J connectivity index is 1.68. The van der Waals surface area contributed by atoms with Gasteiger partial charge in [0.25, 0.3) is 0 Å². The highest BCUT2D eigenvalue weighted by molar-refractivity contribution is 6.00. The van der Waals surface area contributed by atoms with E-state index in [2.05, 4.69) is 92.9 Å². The zero-order valence-corrected chi connectivity index (χ0v) is 21.3. The fourth-order valence-electron chi connectivity index (χ4n) is 7.36. The molecule has 0 N–H and O–H groups in total. The molecule has 5 aromatic rings. The molecule has 4 heterocycles. The Morgan fingerprint density at radius 2 is 1.57 bits per heavy atom. The standard InChI is InChI=1S/C33H26N2O2/c1-19-17-20(2)28-23(18-19)30-27-21-11-5-7-13-24(21)32(3,4)29(27)22-12-6-8-14-25(22)35(30)33(28)34-16-10-9-15-26(34)31(36)37-33/h5-18H,1-4H3/q+2. The van der Waals surface area contributed by atoms with Gasteiger partial charge in [-0.1, -0.05) is 65.4 Å². The molecule has 0 amide bonds. The van der Waals surface area contributed by atoms with Crippen LogP contribution in [0, 0.1) is 13.8 Å². The molecule has 37 heavy (non-hydrogen) atoms. The van der Waals surface area contributed by atoms with Crippen LogP contribution in [0.2, 0.25) is 0 Å². The van der Waals surface area contributed by atoms with Crippen LogP contribution >= 0.6 is 0 Å². The number of benzene rings is 3. The summed E-state index contributed by atoms with van der Waals surface area (Å²) in [6.07, 6.45) is 1.98. The maximum atomic E-state index is 13.4. The van der Waals surface area contributed by atoms with Gasteiger partial charge in [-0.25, -0.2) is 4.79 Å². The SMILES string of the molecule is Cc1cc(C)c2c(c1)-c1c3c(c4ccccc4[n+]1C21OC(=O)c2cccc[n+]21)C(C)(C)c1ccccc1-3. The van der Waals surface area contributed by atoms with Gasteiger partial charge in [-0.2, -0.15) is 0 Å². The largest absolute Gasteiger partial charge is 0.558 e. The number of hydrogen-bond donors (Lipinski definition) is 0. The zero-order valence-electron chi connectivity index (χ0n) is 21.3. The molecular weight excluding hydrogens is 456 g/mol. The second-order valence-electron chi connectivity index (χ2n) is 11.1. The minimum absolute atomic E-state index is 0.173. The van der Waals surface area contributed by atoms with Crippen LogP contribution in [0.5, 0.6) is 0 Å². The molecule has 0 saturated carbocycles. The first-order chi connectivity index (χ1) is 17.9. The molecule has 8 rings (SSSR count). The Labute approximate surface area is 215 Å². The van der Waals surface area contributed by atoms with E-state index in [9.17, 15) is 4.79 Å². The molecule has 4 heteroatoms. The van der Waals surface area contributed by atoms with Gasteiger partial charge in [0, 0.05) is 23.6 Å². The molecule has 1 aliphatic carbocycles. The molecule has 1 atom stereocenters. The molecule has 0 radical (unpaired) electrons. The summed E-state index contributed by atoms with van der Waals surface area (Å²) in [6, 6.07) is 27.5. The Hall–Kier alpha value is -4.31. The lowest BCUT2D eigenvalue weighted by molar-refractivity contribution is -0.994. The lowest BCUT2D eigenvalue weighted by Gasteiger charge is -2.23. The van der Waals surface area contributed by atoms with Gasteiger partial charge >= 0.3 is 17.5 Å². The summed E-state index contributed by atoms with van der Waals surface area (Å²) in [7, 11) is 0. The van der Waals surface area contributed by atoms with Crippen molar-refractivity contribution in [3.8, 4) is 22.4 Å². The highest BCUT2D eigenvalue weighted by atomic mass is 16.6. The number of carbonyl (C=O) groups excluding carboxylic acids is 1. The van der Waals surface area contributed by atoms with Crippen molar-refractivity contribution < 1.29 is 18.7 Å². The summed E-state index contributed by atoms with van der Waals surface area (Å²) in [5, 5.41) is 1.19. The summed E-state index contributed by atoms with van der Waals surface area (Å²) in [4.78, 5) is 13.4. The van der Waals surface area contributed by atoms with Gasteiger partial charge in [-0.05, 0) is 59.9 Å². The molecule has 1 unspecified atom stereocenters. The number of fused-ring (bicyclic) bond motifs is 14. The minimum atomic E-state index is -1.13. The highest BCUT2D eigenvalue weighted by Gasteiger charge is 2.72. The smallest absolute Gasteiger partial charge is 0.331 e. The van der Waals surface area contributed by atoms with E-state index < -0.39 is 5.85 Å². The summed E-state index contributed by atoms with van der Waals surface area (Å²) in [6.45, 7) is 8.93. The molecule has 0 saturated heterocycles. The fourth-order valence-corrected chi connectivity index (χ4v) is 7.36. The number of aryl methyl sites for hydroxylation is 2. The van der Waals surface area contributed by atoms with Crippen LogP contribution in [-0.2, 0) is 16.0 Å². The van der Waals surface area contributed by atoms with Crippen molar-refractivity contribution in [3.05, 3.63) is 119 Å². The molecule has 2 aliphatic heterocycles. The van der Waals surface area contributed by atoms with Gasteiger partial charge in [-0.15, -0.1) is 0 Å². The van der Waals surface area contributed by atoms with Crippen LogP contribution < -0.4 is 9.13 Å². The van der Waals surface area contributed by atoms with Crippen LogP contribution in [-0.4, -0.2) is 5.97 Å². The fraction of sp³-hybridized carbons (Fsp3) is 0.182. The topological polar surface area (TPSA) is 34.1 Å². The normalized spacial score (nSPS) is 19.4. The Kier molecular flexibility index (Phi) is 3.67. The van der Waals surface area contributed by atoms with Gasteiger partial charge in [-0.3, -0.25) is 0 Å². The number of esters is 1. The van der Waals surface area contributed by atoms with E-state index >= 15 is 0 Å². The maximum absolute atomic E-state index is 13.4. The number of ether oxygens (including phenoxy) is 1. The number of hydrogen-bond acceptors (Lipinski definition) is 2. The summed E-state index contributed by atoms with van der Waals surface area (Å²) in [5.41, 5.74) is 12.2. The summed E-state index contributed by atoms with van der Waals surface area (Å²) in [5.74, 6) is -1.44. The highest BCUT2D eigenvalue weighted by Crippen LogP contribution is 2.56. The van der Waals surface area contributed by atoms with Gasteiger partial charge < -0.3 is 4.74 Å². The molecular formula is C33H26N2O2+2. The Morgan fingerprint density at radius 3 is 2.43 bits per heavy atom. The van der Waals surface area contributed by atoms with Gasteiger partial charge in [0.2, 0.25) is 11.2 Å². The van der Waals surface area contributed by atoms with Crippen LogP contribution in [0.25, 0.3) is 33.3 Å². The summed E-state index contributed by atoms with van der Waals surface area (Å²) >= 11 is 0. The third kappa shape index (κ3) is 2.24. The number of para-hydroxylation sites is 1. The third-order valence-electron chi connectivity index (χ3n) is 8.61. The van der Waals surface area contributed by atoms with Gasteiger partial charge in [0.05, 0.1) is 16.5 Å². The first kappa shape index (κ1) is 20.8. The Bertz CT molecular complexity index is 1880. The Morgan fingerprint density at radius 1 is 0.811 bits per heavy atom. The quantitative estimate of drug-likeness (QED) is 0.210. The molecule has 178 valence electrons.